The van der Waals surface area contributed by atoms with Crippen LogP contribution in [0.5, 0.6) is 23.0 Å². The zero-order valence-electron chi connectivity index (χ0n) is 14.8. The Bertz CT molecular complexity index is 810. The second kappa shape index (κ2) is 7.70. The summed E-state index contributed by atoms with van der Waals surface area (Å²) in [5.41, 5.74) is 1.41. The van der Waals surface area contributed by atoms with E-state index in [0.717, 1.165) is 5.56 Å². The Morgan fingerprint density at radius 1 is 0.840 bits per heavy atom. The summed E-state index contributed by atoms with van der Waals surface area (Å²) in [5, 5.41) is 0. The van der Waals surface area contributed by atoms with Crippen molar-refractivity contribution in [3.63, 3.8) is 0 Å². The lowest BCUT2D eigenvalue weighted by atomic mass is 10.1. The average molecular weight is 344 g/mol. The number of hydrogen-bond acceptors (Lipinski definition) is 6. The van der Waals surface area contributed by atoms with E-state index < -0.39 is 5.97 Å². The molecule has 0 radical (unpaired) electrons. The van der Waals surface area contributed by atoms with Crippen LogP contribution in [0.4, 0.5) is 0 Å². The predicted octanol–water partition coefficient (Wildman–Crippen LogP) is 3.44. The highest BCUT2D eigenvalue weighted by Crippen LogP contribution is 2.40. The molecule has 0 bridgehead atoms. The standard InChI is InChI=1S/C19H20O6/c1-11-6-7-13(10-16(11)23-4)19(21)25-17-14(12(2)20)8-9-15(22-3)18(17)24-5/h6-10H,1-5H3. The first-order chi connectivity index (χ1) is 11.9. The van der Waals surface area contributed by atoms with Gasteiger partial charge >= 0.3 is 5.97 Å². The zero-order valence-corrected chi connectivity index (χ0v) is 14.8. The van der Waals surface area contributed by atoms with E-state index in [0.29, 0.717) is 17.1 Å². The maximum absolute atomic E-state index is 12.6. The van der Waals surface area contributed by atoms with Gasteiger partial charge in [-0.1, -0.05) is 6.07 Å². The fourth-order valence-corrected chi connectivity index (χ4v) is 2.38. The van der Waals surface area contributed by atoms with Crippen LogP contribution in [0.25, 0.3) is 0 Å². The van der Waals surface area contributed by atoms with Crippen molar-refractivity contribution in [3.05, 3.63) is 47.0 Å². The molecule has 25 heavy (non-hydrogen) atoms. The van der Waals surface area contributed by atoms with Gasteiger partial charge in [-0.25, -0.2) is 4.79 Å². The highest BCUT2D eigenvalue weighted by atomic mass is 16.6. The van der Waals surface area contributed by atoms with Crippen molar-refractivity contribution >= 4 is 11.8 Å². The minimum absolute atomic E-state index is 0.0268. The van der Waals surface area contributed by atoms with Crippen LogP contribution in [0, 0.1) is 6.92 Å². The molecule has 2 rings (SSSR count). The number of hydrogen-bond donors (Lipinski definition) is 0. The van der Waals surface area contributed by atoms with Gasteiger partial charge in [0.25, 0.3) is 0 Å². The minimum Gasteiger partial charge on any atom is -0.496 e. The first-order valence-corrected chi connectivity index (χ1v) is 7.55. The van der Waals surface area contributed by atoms with Gasteiger partial charge in [0.2, 0.25) is 5.75 Å². The lowest BCUT2D eigenvalue weighted by Gasteiger charge is -2.15. The van der Waals surface area contributed by atoms with E-state index in [1.54, 1.807) is 24.3 Å². The molecule has 0 aromatic heterocycles. The first kappa shape index (κ1) is 18.3. The molecule has 0 aliphatic heterocycles. The highest BCUT2D eigenvalue weighted by molar-refractivity contribution is 6.00. The molecular weight excluding hydrogens is 324 g/mol. The molecule has 0 amide bonds. The molecule has 132 valence electrons. The number of ether oxygens (including phenoxy) is 4. The molecule has 0 heterocycles. The summed E-state index contributed by atoms with van der Waals surface area (Å²) in [6.45, 7) is 3.25. The number of esters is 1. The molecule has 0 unspecified atom stereocenters. The summed E-state index contributed by atoms with van der Waals surface area (Å²) < 4.78 is 21.2. The average Bonchev–Trinajstić information content (AvgIpc) is 2.61. The Kier molecular flexibility index (Phi) is 5.64. The number of Topliss-reactive ketones (excluding diaryl/α,β-unsaturated/α-hetero) is 1. The lowest BCUT2D eigenvalue weighted by Crippen LogP contribution is -2.12. The van der Waals surface area contributed by atoms with Gasteiger partial charge in [0.15, 0.2) is 17.3 Å². The molecule has 0 saturated carbocycles. The van der Waals surface area contributed by atoms with E-state index >= 15 is 0 Å². The summed E-state index contributed by atoms with van der Waals surface area (Å²) in [7, 11) is 4.39. The summed E-state index contributed by atoms with van der Waals surface area (Å²) in [6.07, 6.45) is 0. The van der Waals surface area contributed by atoms with Crippen LogP contribution < -0.4 is 18.9 Å². The van der Waals surface area contributed by atoms with Gasteiger partial charge in [0, 0.05) is 0 Å². The monoisotopic (exact) mass is 344 g/mol. The number of carbonyl (C=O) groups excluding carboxylic acids is 2. The second-order valence-corrected chi connectivity index (χ2v) is 5.31. The number of benzene rings is 2. The predicted molar refractivity (Wildman–Crippen MR) is 92.2 cm³/mol. The third-order valence-corrected chi connectivity index (χ3v) is 3.72. The molecule has 6 heteroatoms. The third-order valence-electron chi connectivity index (χ3n) is 3.72. The summed E-state index contributed by atoms with van der Waals surface area (Å²) in [6, 6.07) is 8.08. The molecule has 2 aromatic rings. The number of rotatable bonds is 6. The molecular formula is C19H20O6. The van der Waals surface area contributed by atoms with Crippen molar-refractivity contribution in [2.75, 3.05) is 21.3 Å². The van der Waals surface area contributed by atoms with Gasteiger partial charge in [0.05, 0.1) is 32.5 Å². The minimum atomic E-state index is -0.632. The summed E-state index contributed by atoms with van der Waals surface area (Å²) in [5.74, 6) is 0.245. The van der Waals surface area contributed by atoms with E-state index in [1.165, 1.54) is 34.3 Å². The van der Waals surface area contributed by atoms with Crippen molar-refractivity contribution in [1.82, 2.24) is 0 Å². The lowest BCUT2D eigenvalue weighted by molar-refractivity contribution is 0.0726. The molecule has 6 nitrogen and oxygen atoms in total. The van der Waals surface area contributed by atoms with Crippen molar-refractivity contribution in [2.45, 2.75) is 13.8 Å². The smallest absolute Gasteiger partial charge is 0.343 e. The number of ketones is 1. The summed E-state index contributed by atoms with van der Waals surface area (Å²) in [4.78, 5) is 24.4. The Hall–Kier alpha value is -3.02. The van der Waals surface area contributed by atoms with E-state index in [-0.39, 0.29) is 22.8 Å². The molecule has 0 spiro atoms. The quantitative estimate of drug-likeness (QED) is 0.454. The molecule has 0 aliphatic rings. The van der Waals surface area contributed by atoms with Crippen molar-refractivity contribution in [2.24, 2.45) is 0 Å². The van der Waals surface area contributed by atoms with Gasteiger partial charge in [-0.2, -0.15) is 0 Å². The molecule has 2 aromatic carbocycles. The van der Waals surface area contributed by atoms with E-state index in [4.69, 9.17) is 18.9 Å². The van der Waals surface area contributed by atoms with Crippen molar-refractivity contribution in [1.29, 1.82) is 0 Å². The molecule has 0 fully saturated rings. The van der Waals surface area contributed by atoms with Gasteiger partial charge in [-0.3, -0.25) is 4.79 Å². The van der Waals surface area contributed by atoms with Gasteiger partial charge in [0.1, 0.15) is 5.75 Å². The van der Waals surface area contributed by atoms with Crippen LogP contribution in [0.3, 0.4) is 0 Å². The van der Waals surface area contributed by atoms with Crippen molar-refractivity contribution in [3.8, 4) is 23.0 Å². The second-order valence-electron chi connectivity index (χ2n) is 5.31. The van der Waals surface area contributed by atoms with Gasteiger partial charge < -0.3 is 18.9 Å². The van der Waals surface area contributed by atoms with Crippen LogP contribution in [-0.4, -0.2) is 33.1 Å². The first-order valence-electron chi connectivity index (χ1n) is 7.55. The number of aryl methyl sites for hydroxylation is 1. The Labute approximate surface area is 146 Å². The summed E-state index contributed by atoms with van der Waals surface area (Å²) >= 11 is 0. The topological polar surface area (TPSA) is 71.1 Å². The SMILES string of the molecule is COc1cc(C(=O)Oc2c(C(C)=O)ccc(OC)c2OC)ccc1C. The van der Waals surface area contributed by atoms with Crippen LogP contribution in [-0.2, 0) is 0 Å². The Balaban J connectivity index is 2.48. The Morgan fingerprint density at radius 3 is 2.08 bits per heavy atom. The molecule has 0 atom stereocenters. The van der Waals surface area contributed by atoms with E-state index in [9.17, 15) is 9.59 Å². The maximum atomic E-state index is 12.6. The van der Waals surface area contributed by atoms with Crippen LogP contribution >= 0.6 is 0 Å². The highest BCUT2D eigenvalue weighted by Gasteiger charge is 2.22. The molecule has 0 N–H and O–H groups in total. The number of carbonyl (C=O) groups is 2. The zero-order chi connectivity index (χ0) is 18.6. The largest absolute Gasteiger partial charge is 0.496 e. The Morgan fingerprint density at radius 2 is 1.52 bits per heavy atom. The molecule has 0 aliphatic carbocycles. The van der Waals surface area contributed by atoms with Crippen LogP contribution in [0.1, 0.15) is 33.2 Å². The molecule has 0 saturated heterocycles. The number of methoxy groups -OCH3 is 3. The van der Waals surface area contributed by atoms with Crippen molar-refractivity contribution < 1.29 is 28.5 Å². The van der Waals surface area contributed by atoms with Crippen LogP contribution in [0.15, 0.2) is 30.3 Å². The van der Waals surface area contributed by atoms with Crippen LogP contribution in [0.2, 0.25) is 0 Å². The fourth-order valence-electron chi connectivity index (χ4n) is 2.38. The van der Waals surface area contributed by atoms with Gasteiger partial charge in [-0.15, -0.1) is 0 Å². The fraction of sp³-hybridized carbons (Fsp3) is 0.263. The van der Waals surface area contributed by atoms with E-state index in [1.807, 2.05) is 6.92 Å². The normalized spacial score (nSPS) is 10.1. The maximum Gasteiger partial charge on any atom is 0.343 e. The van der Waals surface area contributed by atoms with E-state index in [2.05, 4.69) is 0 Å². The van der Waals surface area contributed by atoms with Gasteiger partial charge in [-0.05, 0) is 43.7 Å². The third kappa shape index (κ3) is 3.74.